The molecule has 5 heteroatoms. The highest BCUT2D eigenvalue weighted by Crippen LogP contribution is 2.16. The molecule has 0 saturated carbocycles. The van der Waals surface area contributed by atoms with Crippen molar-refractivity contribution < 1.29 is 14.7 Å². The van der Waals surface area contributed by atoms with E-state index < -0.39 is 0 Å². The number of rotatable bonds is 2. The number of amides is 2. The van der Waals surface area contributed by atoms with E-state index in [9.17, 15) is 14.7 Å². The molecule has 0 aliphatic heterocycles. The zero-order valence-electron chi connectivity index (χ0n) is 10.9. The molecule has 0 aromatic heterocycles. The maximum atomic E-state index is 12.4. The van der Waals surface area contributed by atoms with Gasteiger partial charge in [0.15, 0.2) is 0 Å². The van der Waals surface area contributed by atoms with Crippen molar-refractivity contribution in [1.82, 2.24) is 5.43 Å². The van der Waals surface area contributed by atoms with Gasteiger partial charge in [-0.05, 0) is 36.4 Å². The van der Waals surface area contributed by atoms with Crippen LogP contribution in [-0.2, 0) is 4.79 Å². The summed E-state index contributed by atoms with van der Waals surface area (Å²) in [5.74, 6) is -0.653. The van der Waals surface area contributed by atoms with E-state index in [2.05, 4.69) is 5.43 Å². The van der Waals surface area contributed by atoms with E-state index in [1.54, 1.807) is 24.3 Å². The number of hydrogen-bond acceptors (Lipinski definition) is 3. The molecule has 20 heavy (non-hydrogen) atoms. The van der Waals surface area contributed by atoms with Crippen LogP contribution in [0.15, 0.2) is 54.6 Å². The molecule has 2 rings (SSSR count). The van der Waals surface area contributed by atoms with Crippen LogP contribution in [0.25, 0.3) is 0 Å². The van der Waals surface area contributed by atoms with Crippen molar-refractivity contribution in [2.75, 3.05) is 5.01 Å². The number of phenols is 1. The standard InChI is InChI=1S/C15H14N2O3/c1-11(18)16-17(13-5-3-2-4-6-13)15(20)12-7-9-14(19)10-8-12/h2-10,19H,1H3,(H,16,18). The number of aromatic hydroxyl groups is 1. The first-order chi connectivity index (χ1) is 9.58. The molecule has 0 atom stereocenters. The summed E-state index contributed by atoms with van der Waals surface area (Å²) in [5, 5.41) is 10.4. The molecule has 102 valence electrons. The maximum absolute atomic E-state index is 12.4. The summed E-state index contributed by atoms with van der Waals surface area (Å²) < 4.78 is 0. The van der Waals surface area contributed by atoms with Gasteiger partial charge in [0.1, 0.15) is 5.75 Å². The SMILES string of the molecule is CC(=O)NN(C(=O)c1ccc(O)cc1)c1ccccc1. The van der Waals surface area contributed by atoms with Gasteiger partial charge in [-0.2, -0.15) is 0 Å². The number of phenolic OH excluding ortho intramolecular Hbond substituents is 1. The number of anilines is 1. The molecule has 0 aliphatic carbocycles. The molecule has 2 aromatic rings. The molecule has 0 unspecified atom stereocenters. The largest absolute Gasteiger partial charge is 0.508 e. The Labute approximate surface area is 116 Å². The van der Waals surface area contributed by atoms with Gasteiger partial charge in [-0.1, -0.05) is 18.2 Å². The Hall–Kier alpha value is -2.82. The van der Waals surface area contributed by atoms with Gasteiger partial charge < -0.3 is 5.11 Å². The number of hydrazine groups is 1. The number of hydrogen-bond donors (Lipinski definition) is 2. The van der Waals surface area contributed by atoms with Crippen LogP contribution in [0.4, 0.5) is 5.69 Å². The minimum absolute atomic E-state index is 0.0762. The number of carbonyl (C=O) groups excluding carboxylic acids is 2. The summed E-state index contributed by atoms with van der Waals surface area (Å²) >= 11 is 0. The lowest BCUT2D eigenvalue weighted by atomic mass is 10.2. The molecule has 2 amide bonds. The smallest absolute Gasteiger partial charge is 0.277 e. The van der Waals surface area contributed by atoms with E-state index in [1.807, 2.05) is 6.07 Å². The number of nitrogens with zero attached hydrogens (tertiary/aromatic N) is 1. The quantitative estimate of drug-likeness (QED) is 0.821. The fraction of sp³-hybridized carbons (Fsp3) is 0.0667. The second-order valence-electron chi connectivity index (χ2n) is 4.19. The normalized spacial score (nSPS) is 9.85. The van der Waals surface area contributed by atoms with Crippen LogP contribution < -0.4 is 10.4 Å². The maximum Gasteiger partial charge on any atom is 0.277 e. The summed E-state index contributed by atoms with van der Waals surface area (Å²) in [7, 11) is 0. The molecule has 5 nitrogen and oxygen atoms in total. The van der Waals surface area contributed by atoms with E-state index in [0.717, 1.165) is 0 Å². The third-order valence-electron chi connectivity index (χ3n) is 2.60. The average molecular weight is 270 g/mol. The van der Waals surface area contributed by atoms with E-state index in [0.29, 0.717) is 11.3 Å². The van der Waals surface area contributed by atoms with Crippen LogP contribution in [0.1, 0.15) is 17.3 Å². The van der Waals surface area contributed by atoms with Gasteiger partial charge in [0.05, 0.1) is 5.69 Å². The number of benzene rings is 2. The second kappa shape index (κ2) is 5.88. The molecule has 2 N–H and O–H groups in total. The first-order valence-corrected chi connectivity index (χ1v) is 6.03. The second-order valence-corrected chi connectivity index (χ2v) is 4.19. The number of carbonyl (C=O) groups is 2. The zero-order chi connectivity index (χ0) is 14.5. The molecular formula is C15H14N2O3. The molecule has 0 spiro atoms. The highest BCUT2D eigenvalue weighted by Gasteiger charge is 2.18. The third-order valence-corrected chi connectivity index (χ3v) is 2.60. The third kappa shape index (κ3) is 3.14. The van der Waals surface area contributed by atoms with Crippen LogP contribution in [0.5, 0.6) is 5.75 Å². The lowest BCUT2D eigenvalue weighted by Crippen LogP contribution is -2.45. The summed E-state index contributed by atoms with van der Waals surface area (Å²) in [5.41, 5.74) is 3.41. The minimum atomic E-state index is -0.383. The van der Waals surface area contributed by atoms with Gasteiger partial charge in [-0.25, -0.2) is 5.01 Å². The lowest BCUT2D eigenvalue weighted by molar-refractivity contribution is -0.119. The van der Waals surface area contributed by atoms with E-state index in [-0.39, 0.29) is 17.6 Å². The Morgan fingerprint density at radius 2 is 1.60 bits per heavy atom. The highest BCUT2D eigenvalue weighted by atomic mass is 16.3. The highest BCUT2D eigenvalue weighted by molar-refractivity contribution is 6.07. The van der Waals surface area contributed by atoms with Gasteiger partial charge in [0, 0.05) is 12.5 Å². The van der Waals surface area contributed by atoms with Crippen molar-refractivity contribution in [1.29, 1.82) is 0 Å². The Balaban J connectivity index is 2.34. The van der Waals surface area contributed by atoms with E-state index >= 15 is 0 Å². The Morgan fingerprint density at radius 1 is 1.00 bits per heavy atom. The van der Waals surface area contributed by atoms with Gasteiger partial charge in [0.2, 0.25) is 5.91 Å². The van der Waals surface area contributed by atoms with E-state index in [1.165, 1.54) is 36.2 Å². The van der Waals surface area contributed by atoms with Crippen LogP contribution in [0, 0.1) is 0 Å². The fourth-order valence-electron chi connectivity index (χ4n) is 1.70. The molecule has 0 heterocycles. The van der Waals surface area contributed by atoms with Gasteiger partial charge >= 0.3 is 0 Å². The Bertz CT molecular complexity index is 609. The topological polar surface area (TPSA) is 69.6 Å². The molecule has 2 aromatic carbocycles. The van der Waals surface area contributed by atoms with Crippen LogP contribution >= 0.6 is 0 Å². The molecule has 0 saturated heterocycles. The van der Waals surface area contributed by atoms with Crippen molar-refractivity contribution in [2.24, 2.45) is 0 Å². The van der Waals surface area contributed by atoms with Gasteiger partial charge in [-0.3, -0.25) is 15.0 Å². The van der Waals surface area contributed by atoms with Crippen molar-refractivity contribution in [3.05, 3.63) is 60.2 Å². The fourth-order valence-corrected chi connectivity index (χ4v) is 1.70. The molecular weight excluding hydrogens is 256 g/mol. The lowest BCUT2D eigenvalue weighted by Gasteiger charge is -2.22. The summed E-state index contributed by atoms with van der Waals surface area (Å²) in [6, 6.07) is 14.6. The van der Waals surface area contributed by atoms with Crippen molar-refractivity contribution in [3.63, 3.8) is 0 Å². The molecule has 0 bridgehead atoms. The van der Waals surface area contributed by atoms with Gasteiger partial charge in [0.25, 0.3) is 5.91 Å². The first-order valence-electron chi connectivity index (χ1n) is 6.03. The summed E-state index contributed by atoms with van der Waals surface area (Å²) in [6.07, 6.45) is 0. The Kier molecular flexibility index (Phi) is 4.00. The molecule has 0 fully saturated rings. The van der Waals surface area contributed by atoms with Crippen LogP contribution in [0.2, 0.25) is 0 Å². The van der Waals surface area contributed by atoms with Crippen LogP contribution in [0.3, 0.4) is 0 Å². The number of para-hydroxylation sites is 1. The number of nitrogens with one attached hydrogen (secondary N) is 1. The van der Waals surface area contributed by atoms with E-state index in [4.69, 9.17) is 0 Å². The summed E-state index contributed by atoms with van der Waals surface area (Å²) in [4.78, 5) is 23.7. The van der Waals surface area contributed by atoms with Crippen LogP contribution in [-0.4, -0.2) is 16.9 Å². The molecule has 0 radical (unpaired) electrons. The van der Waals surface area contributed by atoms with Gasteiger partial charge in [-0.15, -0.1) is 0 Å². The predicted molar refractivity (Wildman–Crippen MR) is 75.2 cm³/mol. The first kappa shape index (κ1) is 13.6. The van der Waals surface area contributed by atoms with Crippen molar-refractivity contribution >= 4 is 17.5 Å². The predicted octanol–water partition coefficient (Wildman–Crippen LogP) is 2.09. The average Bonchev–Trinajstić information content (AvgIpc) is 2.45. The zero-order valence-corrected chi connectivity index (χ0v) is 10.9. The summed E-state index contributed by atoms with van der Waals surface area (Å²) in [6.45, 7) is 1.33. The molecule has 0 aliphatic rings. The monoisotopic (exact) mass is 270 g/mol. The minimum Gasteiger partial charge on any atom is -0.508 e. The Morgan fingerprint density at radius 3 is 2.15 bits per heavy atom. The van der Waals surface area contributed by atoms with Crippen molar-refractivity contribution in [3.8, 4) is 5.75 Å². The van der Waals surface area contributed by atoms with Crippen molar-refractivity contribution in [2.45, 2.75) is 6.92 Å².